The summed E-state index contributed by atoms with van der Waals surface area (Å²) in [5, 5.41) is 6.59. The van der Waals surface area contributed by atoms with E-state index >= 15 is 0 Å². The molecule has 7 nitrogen and oxygen atoms in total. The number of rotatable bonds is 5. The molecule has 8 heteroatoms. The van der Waals surface area contributed by atoms with Crippen LogP contribution in [0.3, 0.4) is 0 Å². The Bertz CT molecular complexity index is 839. The number of anilines is 1. The summed E-state index contributed by atoms with van der Waals surface area (Å²) in [7, 11) is 1.75. The minimum Gasteiger partial charge on any atom is -0.490 e. The number of guanidine groups is 1. The van der Waals surface area contributed by atoms with Gasteiger partial charge in [-0.25, -0.2) is 4.98 Å². The maximum Gasteiger partial charge on any atom is 0.213 e. The largest absolute Gasteiger partial charge is 0.490 e. The van der Waals surface area contributed by atoms with Crippen molar-refractivity contribution in [3.05, 3.63) is 42.1 Å². The first-order chi connectivity index (χ1) is 14.3. The number of fused-ring (bicyclic) bond motifs is 1. The van der Waals surface area contributed by atoms with Gasteiger partial charge in [0, 0.05) is 44.0 Å². The smallest absolute Gasteiger partial charge is 0.213 e. The number of benzene rings is 1. The lowest BCUT2D eigenvalue weighted by molar-refractivity contribution is 0.201. The van der Waals surface area contributed by atoms with E-state index in [9.17, 15) is 0 Å². The minimum absolute atomic E-state index is 0. The van der Waals surface area contributed by atoms with Gasteiger partial charge in [0.1, 0.15) is 6.10 Å². The predicted octanol–water partition coefficient (Wildman–Crippen LogP) is 4.37. The molecule has 1 saturated carbocycles. The number of pyridine rings is 1. The number of hydrogen-bond acceptors (Lipinski definition) is 5. The quantitative estimate of drug-likeness (QED) is 0.344. The average molecular weight is 524 g/mol. The number of nitrogens with zero attached hydrogens (tertiary/aromatic N) is 2. The molecule has 0 bridgehead atoms. The average Bonchev–Trinajstić information content (AvgIpc) is 3.15. The second-order valence-corrected chi connectivity index (χ2v) is 7.29. The second kappa shape index (κ2) is 11.2. The maximum absolute atomic E-state index is 5.92. The molecule has 2 aliphatic rings. The highest BCUT2D eigenvalue weighted by atomic mass is 127. The van der Waals surface area contributed by atoms with E-state index < -0.39 is 0 Å². The van der Waals surface area contributed by atoms with Crippen molar-refractivity contribution in [2.24, 2.45) is 4.99 Å². The molecule has 30 heavy (non-hydrogen) atoms. The lowest BCUT2D eigenvalue weighted by atomic mass is 10.2. The summed E-state index contributed by atoms with van der Waals surface area (Å²) in [5.41, 5.74) is 1.95. The normalized spacial score (nSPS) is 16.4. The fourth-order valence-electron chi connectivity index (χ4n) is 3.50. The van der Waals surface area contributed by atoms with E-state index in [2.05, 4.69) is 20.6 Å². The minimum atomic E-state index is 0. The van der Waals surface area contributed by atoms with Crippen LogP contribution in [0.25, 0.3) is 0 Å². The Morgan fingerprint density at radius 1 is 1.10 bits per heavy atom. The molecule has 2 N–H and O–H groups in total. The fraction of sp³-hybridized carbons (Fsp3) is 0.455. The lowest BCUT2D eigenvalue weighted by Gasteiger charge is -2.14. The van der Waals surface area contributed by atoms with Gasteiger partial charge in [0.25, 0.3) is 0 Å². The molecular formula is C22H29IN4O3. The second-order valence-electron chi connectivity index (χ2n) is 7.29. The van der Waals surface area contributed by atoms with Gasteiger partial charge in [0.2, 0.25) is 5.88 Å². The molecule has 0 saturated heterocycles. The zero-order valence-corrected chi connectivity index (χ0v) is 19.6. The topological polar surface area (TPSA) is 77.0 Å². The highest BCUT2D eigenvalue weighted by molar-refractivity contribution is 14.0. The van der Waals surface area contributed by atoms with Gasteiger partial charge in [0.15, 0.2) is 17.5 Å². The first-order valence-corrected chi connectivity index (χ1v) is 10.3. The summed E-state index contributed by atoms with van der Waals surface area (Å²) < 4.78 is 17.3. The van der Waals surface area contributed by atoms with Crippen molar-refractivity contribution < 1.29 is 14.2 Å². The summed E-state index contributed by atoms with van der Waals surface area (Å²) in [6.45, 7) is 1.96. The first kappa shape index (κ1) is 22.5. The molecule has 4 rings (SSSR count). The molecule has 0 atom stereocenters. The first-order valence-electron chi connectivity index (χ1n) is 10.3. The van der Waals surface area contributed by atoms with E-state index in [1.54, 1.807) is 7.05 Å². The van der Waals surface area contributed by atoms with Crippen LogP contribution in [0.5, 0.6) is 17.4 Å². The molecule has 2 heterocycles. The Balaban J connectivity index is 0.00000256. The number of aromatic nitrogens is 1. The summed E-state index contributed by atoms with van der Waals surface area (Å²) in [5.74, 6) is 2.91. The Labute approximate surface area is 194 Å². The van der Waals surface area contributed by atoms with Gasteiger partial charge >= 0.3 is 0 Å². The van der Waals surface area contributed by atoms with Gasteiger partial charge in [-0.3, -0.25) is 4.99 Å². The van der Waals surface area contributed by atoms with E-state index in [1.165, 1.54) is 12.8 Å². The van der Waals surface area contributed by atoms with Gasteiger partial charge in [-0.15, -0.1) is 24.0 Å². The molecular weight excluding hydrogens is 495 g/mol. The molecule has 1 aromatic carbocycles. The van der Waals surface area contributed by atoms with Crippen LogP contribution in [0.2, 0.25) is 0 Å². The zero-order chi connectivity index (χ0) is 19.9. The van der Waals surface area contributed by atoms with Crippen molar-refractivity contribution >= 4 is 35.6 Å². The third-order valence-corrected chi connectivity index (χ3v) is 5.08. The fourth-order valence-corrected chi connectivity index (χ4v) is 3.50. The van der Waals surface area contributed by atoms with Gasteiger partial charge in [-0.2, -0.15) is 0 Å². The molecule has 1 aliphatic heterocycles. The van der Waals surface area contributed by atoms with Gasteiger partial charge < -0.3 is 24.8 Å². The molecule has 0 amide bonds. The van der Waals surface area contributed by atoms with Gasteiger partial charge in [-0.1, -0.05) is 6.07 Å². The van der Waals surface area contributed by atoms with Crippen molar-refractivity contribution in [2.45, 2.75) is 44.8 Å². The molecule has 0 unspecified atom stereocenters. The van der Waals surface area contributed by atoms with Crippen LogP contribution in [-0.2, 0) is 6.54 Å². The molecule has 1 fully saturated rings. The zero-order valence-electron chi connectivity index (χ0n) is 17.2. The molecule has 0 radical (unpaired) electrons. The SMILES string of the molecule is CN=C(NCc1ccc(OC2CCCC2)nc1)Nc1ccc2c(c1)OCCCO2.I. The highest BCUT2D eigenvalue weighted by Gasteiger charge is 2.17. The summed E-state index contributed by atoms with van der Waals surface area (Å²) in [6.07, 6.45) is 7.83. The van der Waals surface area contributed by atoms with E-state index in [0.29, 0.717) is 37.7 Å². The molecule has 0 spiro atoms. The van der Waals surface area contributed by atoms with Crippen LogP contribution in [0, 0.1) is 0 Å². The summed E-state index contributed by atoms with van der Waals surface area (Å²) >= 11 is 0. The maximum atomic E-state index is 5.92. The number of halogens is 1. The van der Waals surface area contributed by atoms with Crippen LogP contribution in [0.4, 0.5) is 5.69 Å². The Kier molecular flexibility index (Phi) is 8.41. The van der Waals surface area contributed by atoms with Gasteiger partial charge in [-0.05, 0) is 43.4 Å². The Morgan fingerprint density at radius 2 is 1.90 bits per heavy atom. The molecule has 162 valence electrons. The van der Waals surface area contributed by atoms with E-state index in [4.69, 9.17) is 14.2 Å². The van der Waals surface area contributed by atoms with Crippen molar-refractivity contribution in [1.82, 2.24) is 10.3 Å². The number of nitrogens with one attached hydrogen (secondary N) is 2. The summed E-state index contributed by atoms with van der Waals surface area (Å²) in [4.78, 5) is 8.73. The number of hydrogen-bond donors (Lipinski definition) is 2. The van der Waals surface area contributed by atoms with Crippen molar-refractivity contribution in [3.63, 3.8) is 0 Å². The monoisotopic (exact) mass is 524 g/mol. The van der Waals surface area contributed by atoms with Crippen molar-refractivity contribution in [3.8, 4) is 17.4 Å². The third-order valence-electron chi connectivity index (χ3n) is 5.08. The standard InChI is InChI=1S/C22H28N4O3.HI/c1-23-22(26-17-8-9-19-20(13-17)28-12-4-11-27-19)25-15-16-7-10-21(24-14-16)29-18-5-2-3-6-18;/h7-10,13-14,18H,2-6,11-12,15H2,1H3,(H2,23,25,26);1H. The lowest BCUT2D eigenvalue weighted by Crippen LogP contribution is -2.30. The van der Waals surface area contributed by atoms with Gasteiger partial charge in [0.05, 0.1) is 13.2 Å². The predicted molar refractivity (Wildman–Crippen MR) is 128 cm³/mol. The highest BCUT2D eigenvalue weighted by Crippen LogP contribution is 2.32. The van der Waals surface area contributed by atoms with Crippen molar-refractivity contribution in [1.29, 1.82) is 0 Å². The van der Waals surface area contributed by atoms with Crippen LogP contribution < -0.4 is 24.8 Å². The van der Waals surface area contributed by atoms with Crippen molar-refractivity contribution in [2.75, 3.05) is 25.6 Å². The third kappa shape index (κ3) is 6.13. The number of aliphatic imine (C=N–C) groups is 1. The number of ether oxygens (including phenoxy) is 3. The Morgan fingerprint density at radius 3 is 2.63 bits per heavy atom. The van der Waals surface area contributed by atoms with Crippen LogP contribution in [-0.4, -0.2) is 37.3 Å². The van der Waals surface area contributed by atoms with Crippen LogP contribution in [0.15, 0.2) is 41.5 Å². The molecule has 2 aromatic rings. The Hall–Kier alpha value is -2.23. The molecule has 1 aromatic heterocycles. The van der Waals surface area contributed by atoms with Crippen LogP contribution >= 0.6 is 24.0 Å². The molecule has 1 aliphatic carbocycles. The summed E-state index contributed by atoms with van der Waals surface area (Å²) in [6, 6.07) is 9.78. The van der Waals surface area contributed by atoms with E-state index in [1.807, 2.05) is 36.5 Å². The van der Waals surface area contributed by atoms with E-state index in [-0.39, 0.29) is 24.0 Å². The van der Waals surface area contributed by atoms with E-state index in [0.717, 1.165) is 42.0 Å². The van der Waals surface area contributed by atoms with Crippen LogP contribution in [0.1, 0.15) is 37.7 Å².